The number of rotatable bonds is 3. The Balaban J connectivity index is 1.61. The zero-order valence-electron chi connectivity index (χ0n) is 16.1. The van der Waals surface area contributed by atoms with Crippen molar-refractivity contribution >= 4 is 55.8 Å². The molecular weight excluding hydrogens is 455 g/mol. The van der Waals surface area contributed by atoms with Crippen LogP contribution in [0.5, 0.6) is 0 Å². The Morgan fingerprint density at radius 3 is 2.71 bits per heavy atom. The first kappa shape index (κ1) is 20.1. The molecular formula is C22H16Cl2N4O2S. The maximum Gasteiger partial charge on any atom is 0.265 e. The van der Waals surface area contributed by atoms with Crippen molar-refractivity contribution < 1.29 is 8.42 Å². The molecule has 0 bridgehead atoms. The number of halogens is 2. The van der Waals surface area contributed by atoms with Gasteiger partial charge in [0.1, 0.15) is 4.90 Å². The topological polar surface area (TPSA) is 89.2 Å². The minimum atomic E-state index is -3.86. The molecule has 0 spiro atoms. The van der Waals surface area contributed by atoms with Crippen LogP contribution in [0.4, 0.5) is 11.6 Å². The fourth-order valence-electron chi connectivity index (χ4n) is 3.93. The molecule has 3 aromatic carbocycles. The molecule has 0 aliphatic carbocycles. The van der Waals surface area contributed by atoms with E-state index in [1.54, 1.807) is 12.3 Å². The molecule has 2 N–H and O–H groups in total. The van der Waals surface area contributed by atoms with E-state index in [9.17, 15) is 8.42 Å². The summed E-state index contributed by atoms with van der Waals surface area (Å²) in [7, 11) is -3.86. The predicted molar refractivity (Wildman–Crippen MR) is 124 cm³/mol. The number of benzene rings is 3. The molecule has 1 aliphatic heterocycles. The summed E-state index contributed by atoms with van der Waals surface area (Å²) in [6.45, 7) is 0.324. The van der Waals surface area contributed by atoms with Crippen molar-refractivity contribution in [3.05, 3.63) is 76.4 Å². The van der Waals surface area contributed by atoms with E-state index in [0.29, 0.717) is 23.7 Å². The second-order valence-corrected chi connectivity index (χ2v) is 9.88. The average Bonchev–Trinajstić information content (AvgIpc) is 3.20. The molecule has 1 aliphatic rings. The number of nitrogen functional groups attached to an aromatic ring is 1. The van der Waals surface area contributed by atoms with Gasteiger partial charge in [0, 0.05) is 23.2 Å². The summed E-state index contributed by atoms with van der Waals surface area (Å²) in [5, 5.41) is 1.32. The fourth-order valence-corrected chi connectivity index (χ4v) is 6.17. The summed E-state index contributed by atoms with van der Waals surface area (Å²) in [5.41, 5.74) is 9.94. The van der Waals surface area contributed by atoms with E-state index < -0.39 is 10.0 Å². The zero-order valence-corrected chi connectivity index (χ0v) is 18.4. The smallest absolute Gasteiger partial charge is 0.265 e. The van der Waals surface area contributed by atoms with Crippen LogP contribution in [0.15, 0.2) is 65.7 Å². The number of aromatic nitrogens is 2. The van der Waals surface area contributed by atoms with Gasteiger partial charge in [-0.2, -0.15) is 0 Å². The van der Waals surface area contributed by atoms with Gasteiger partial charge in [-0.05, 0) is 59.5 Å². The highest BCUT2D eigenvalue weighted by Crippen LogP contribution is 2.40. The number of hydrogen-bond donors (Lipinski definition) is 1. The van der Waals surface area contributed by atoms with Gasteiger partial charge >= 0.3 is 0 Å². The maximum atomic E-state index is 13.4. The highest BCUT2D eigenvalue weighted by molar-refractivity contribution is 7.93. The second-order valence-electron chi connectivity index (χ2n) is 7.21. The molecule has 156 valence electrons. The molecule has 6 nitrogen and oxygen atoms in total. The maximum absolute atomic E-state index is 13.4. The summed E-state index contributed by atoms with van der Waals surface area (Å²) >= 11 is 12.2. The Bertz CT molecular complexity index is 1460. The first-order valence-electron chi connectivity index (χ1n) is 9.47. The largest absolute Gasteiger partial charge is 0.368 e. The van der Waals surface area contributed by atoms with Gasteiger partial charge in [0.05, 0.1) is 16.2 Å². The number of sulfonamides is 1. The summed E-state index contributed by atoms with van der Waals surface area (Å²) in [6, 6.07) is 15.9. The minimum absolute atomic E-state index is 0.000336. The summed E-state index contributed by atoms with van der Waals surface area (Å²) in [5.74, 6) is 0.223. The molecule has 0 amide bonds. The van der Waals surface area contributed by atoms with Gasteiger partial charge in [-0.3, -0.25) is 4.31 Å². The van der Waals surface area contributed by atoms with Crippen molar-refractivity contribution in [2.24, 2.45) is 0 Å². The minimum Gasteiger partial charge on any atom is -0.368 e. The SMILES string of the molecule is Nc1ncc2cc(-c3cccc4c3CCN4S(=O)(=O)c3cc(Cl)ccc3Cl)ccc2n1. The van der Waals surface area contributed by atoms with E-state index in [1.165, 1.54) is 16.4 Å². The molecule has 0 radical (unpaired) electrons. The Kier molecular flexibility index (Phi) is 4.77. The van der Waals surface area contributed by atoms with Crippen LogP contribution in [0.1, 0.15) is 5.56 Å². The number of nitrogens with zero attached hydrogens (tertiary/aromatic N) is 3. The molecule has 5 rings (SSSR count). The molecule has 31 heavy (non-hydrogen) atoms. The molecule has 0 saturated carbocycles. The lowest BCUT2D eigenvalue weighted by molar-refractivity contribution is 0.592. The monoisotopic (exact) mass is 470 g/mol. The third kappa shape index (κ3) is 3.39. The highest BCUT2D eigenvalue weighted by atomic mass is 35.5. The zero-order chi connectivity index (χ0) is 21.8. The number of hydrogen-bond acceptors (Lipinski definition) is 5. The van der Waals surface area contributed by atoms with Crippen molar-refractivity contribution in [1.82, 2.24) is 9.97 Å². The standard InChI is InChI=1S/C22H16Cl2N4O2S/c23-15-5-6-18(24)21(11-15)31(29,30)28-9-8-17-16(2-1-3-20(17)28)13-4-7-19-14(10-13)12-26-22(25)27-19/h1-7,10-12H,8-9H2,(H2,25,26,27). The van der Waals surface area contributed by atoms with Gasteiger partial charge < -0.3 is 5.73 Å². The normalized spacial score (nSPS) is 13.5. The Hall–Kier alpha value is -2.87. The van der Waals surface area contributed by atoms with Crippen molar-refractivity contribution in [2.75, 3.05) is 16.6 Å². The second kappa shape index (κ2) is 7.37. The summed E-state index contributed by atoms with van der Waals surface area (Å²) in [4.78, 5) is 8.30. The Morgan fingerprint density at radius 1 is 1.03 bits per heavy atom. The van der Waals surface area contributed by atoms with Crippen molar-refractivity contribution in [3.63, 3.8) is 0 Å². The Labute approximate surface area is 189 Å². The summed E-state index contributed by atoms with van der Waals surface area (Å²) < 4.78 is 28.2. The van der Waals surface area contributed by atoms with Crippen LogP contribution in [-0.4, -0.2) is 24.9 Å². The van der Waals surface area contributed by atoms with E-state index in [0.717, 1.165) is 27.6 Å². The summed E-state index contributed by atoms with van der Waals surface area (Å²) in [6.07, 6.45) is 2.27. The van der Waals surface area contributed by atoms with Gasteiger partial charge in [0.25, 0.3) is 10.0 Å². The van der Waals surface area contributed by atoms with E-state index in [1.807, 2.05) is 36.4 Å². The molecule has 0 saturated heterocycles. The van der Waals surface area contributed by atoms with Gasteiger partial charge in [-0.1, -0.05) is 41.4 Å². The van der Waals surface area contributed by atoms with Crippen LogP contribution in [0, 0.1) is 0 Å². The van der Waals surface area contributed by atoms with Gasteiger partial charge in [-0.15, -0.1) is 0 Å². The molecule has 0 fully saturated rings. The average molecular weight is 471 g/mol. The quantitative estimate of drug-likeness (QED) is 0.457. The molecule has 0 atom stereocenters. The first-order chi connectivity index (χ1) is 14.8. The van der Waals surface area contributed by atoms with Crippen molar-refractivity contribution in [1.29, 1.82) is 0 Å². The lowest BCUT2D eigenvalue weighted by Gasteiger charge is -2.21. The Morgan fingerprint density at radius 2 is 1.87 bits per heavy atom. The van der Waals surface area contributed by atoms with E-state index in [2.05, 4.69) is 9.97 Å². The predicted octanol–water partition coefficient (Wildman–Crippen LogP) is 4.94. The lowest BCUT2D eigenvalue weighted by atomic mass is 9.97. The highest BCUT2D eigenvalue weighted by Gasteiger charge is 2.33. The molecule has 4 aromatic rings. The van der Waals surface area contributed by atoms with Gasteiger partial charge in [0.15, 0.2) is 0 Å². The number of fused-ring (bicyclic) bond motifs is 2. The molecule has 1 aromatic heterocycles. The number of nitrogens with two attached hydrogens (primary N) is 1. The van der Waals surface area contributed by atoms with Gasteiger partial charge in [-0.25, -0.2) is 18.4 Å². The van der Waals surface area contributed by atoms with Gasteiger partial charge in [0.2, 0.25) is 5.95 Å². The third-order valence-corrected chi connectivity index (χ3v) is 7.89. The van der Waals surface area contributed by atoms with Crippen molar-refractivity contribution in [2.45, 2.75) is 11.3 Å². The fraction of sp³-hybridized carbons (Fsp3) is 0.0909. The third-order valence-electron chi connectivity index (χ3n) is 5.36. The molecule has 9 heteroatoms. The van der Waals surface area contributed by atoms with Crippen LogP contribution in [0.3, 0.4) is 0 Å². The first-order valence-corrected chi connectivity index (χ1v) is 11.7. The number of anilines is 2. The van der Waals surface area contributed by atoms with E-state index in [-0.39, 0.29) is 15.9 Å². The van der Waals surface area contributed by atoms with E-state index in [4.69, 9.17) is 28.9 Å². The van der Waals surface area contributed by atoms with Crippen LogP contribution in [-0.2, 0) is 16.4 Å². The molecule has 0 unspecified atom stereocenters. The van der Waals surface area contributed by atoms with Crippen LogP contribution >= 0.6 is 23.2 Å². The van der Waals surface area contributed by atoms with Crippen molar-refractivity contribution in [3.8, 4) is 11.1 Å². The van der Waals surface area contributed by atoms with E-state index >= 15 is 0 Å². The van der Waals surface area contributed by atoms with Crippen LogP contribution in [0.2, 0.25) is 10.0 Å². The van der Waals surface area contributed by atoms with Crippen LogP contribution < -0.4 is 10.0 Å². The van der Waals surface area contributed by atoms with Crippen LogP contribution in [0.25, 0.3) is 22.0 Å². The lowest BCUT2D eigenvalue weighted by Crippen LogP contribution is -2.29. The molecule has 2 heterocycles.